The van der Waals surface area contributed by atoms with Crippen LogP contribution in [0, 0.1) is 5.92 Å². The van der Waals surface area contributed by atoms with Crippen LogP contribution in [0.15, 0.2) is 25.3 Å². The van der Waals surface area contributed by atoms with Gasteiger partial charge in [-0.2, -0.15) is 0 Å². The zero-order valence-corrected chi connectivity index (χ0v) is 9.10. The predicted octanol–water partition coefficient (Wildman–Crippen LogP) is 4.73. The molecule has 0 aliphatic carbocycles. The molecule has 0 aromatic carbocycles. The van der Waals surface area contributed by atoms with Gasteiger partial charge in [-0.25, -0.2) is 0 Å². The Hall–Kier alpha value is -0.520. The molecule has 0 heteroatoms. The van der Waals surface area contributed by atoms with Crippen LogP contribution in [0.1, 0.15) is 51.9 Å². The van der Waals surface area contributed by atoms with Crippen molar-refractivity contribution < 1.29 is 0 Å². The average Bonchev–Trinajstić information content (AvgIpc) is 2.13. The van der Waals surface area contributed by atoms with Gasteiger partial charge < -0.3 is 0 Å². The van der Waals surface area contributed by atoms with Crippen LogP contribution in [-0.4, -0.2) is 0 Å². The normalized spacial score (nSPS) is 10.3. The van der Waals surface area contributed by atoms with Gasteiger partial charge in [-0.3, -0.25) is 0 Å². The van der Waals surface area contributed by atoms with E-state index in [1.807, 2.05) is 12.2 Å². The first-order valence-electron chi connectivity index (χ1n) is 5.56. The molecule has 0 fully saturated rings. The van der Waals surface area contributed by atoms with Crippen molar-refractivity contribution in [3.05, 3.63) is 25.3 Å². The quantitative estimate of drug-likeness (QED) is 0.355. The Balaban J connectivity index is 3.43. The minimum atomic E-state index is 0.798. The van der Waals surface area contributed by atoms with Crippen LogP contribution in [0.4, 0.5) is 0 Å². The molecule has 76 valence electrons. The number of allylic oxidation sites excluding steroid dienone is 2. The van der Waals surface area contributed by atoms with Gasteiger partial charge in [0.15, 0.2) is 0 Å². The molecule has 0 aromatic heterocycles. The molecule has 0 aliphatic heterocycles. The van der Waals surface area contributed by atoms with Crippen molar-refractivity contribution in [3.8, 4) is 0 Å². The lowest BCUT2D eigenvalue weighted by Gasteiger charge is -2.11. The fourth-order valence-corrected chi connectivity index (χ4v) is 1.66. The van der Waals surface area contributed by atoms with Gasteiger partial charge in [0.2, 0.25) is 0 Å². The van der Waals surface area contributed by atoms with E-state index in [9.17, 15) is 0 Å². The van der Waals surface area contributed by atoms with Crippen molar-refractivity contribution in [1.29, 1.82) is 0 Å². The highest BCUT2D eigenvalue weighted by atomic mass is 14.1. The van der Waals surface area contributed by atoms with E-state index in [0.29, 0.717) is 0 Å². The van der Waals surface area contributed by atoms with E-state index in [2.05, 4.69) is 20.1 Å². The first kappa shape index (κ1) is 12.5. The molecule has 0 N–H and O–H groups in total. The molecule has 0 heterocycles. The standard InChI is InChI=1S/C13H24/c1-4-7-8-9-12-13(10-5-2)11-6-3/h5-6,13H,2-4,7-12H2,1H3. The molecule has 0 saturated carbocycles. The second-order valence-corrected chi connectivity index (χ2v) is 3.76. The summed E-state index contributed by atoms with van der Waals surface area (Å²) in [5, 5.41) is 0. The molecule has 0 radical (unpaired) electrons. The molecule has 0 unspecified atom stereocenters. The van der Waals surface area contributed by atoms with Crippen LogP contribution >= 0.6 is 0 Å². The van der Waals surface area contributed by atoms with Crippen molar-refractivity contribution in [3.63, 3.8) is 0 Å². The summed E-state index contributed by atoms with van der Waals surface area (Å²) in [4.78, 5) is 0. The Morgan fingerprint density at radius 1 is 1.00 bits per heavy atom. The summed E-state index contributed by atoms with van der Waals surface area (Å²) in [6, 6.07) is 0. The SMILES string of the molecule is C=CCC(CC=C)CCCCCC. The lowest BCUT2D eigenvalue weighted by atomic mass is 9.94. The Morgan fingerprint density at radius 3 is 2.08 bits per heavy atom. The molecule has 0 amide bonds. The molecule has 0 nitrogen and oxygen atoms in total. The molecule has 0 aromatic rings. The molecule has 0 atom stereocenters. The summed E-state index contributed by atoms with van der Waals surface area (Å²) in [7, 11) is 0. The Labute approximate surface area is 83.7 Å². The van der Waals surface area contributed by atoms with E-state index in [1.165, 1.54) is 32.1 Å². The third-order valence-electron chi connectivity index (χ3n) is 2.47. The first-order valence-corrected chi connectivity index (χ1v) is 5.56. The summed E-state index contributed by atoms with van der Waals surface area (Å²) in [6.45, 7) is 9.84. The third-order valence-corrected chi connectivity index (χ3v) is 2.47. The maximum absolute atomic E-state index is 3.79. The second kappa shape index (κ2) is 9.57. The van der Waals surface area contributed by atoms with Gasteiger partial charge in [-0.1, -0.05) is 44.8 Å². The Bertz CT molecular complexity index is 114. The van der Waals surface area contributed by atoms with Crippen LogP contribution in [0.25, 0.3) is 0 Å². The van der Waals surface area contributed by atoms with Gasteiger partial charge in [0, 0.05) is 0 Å². The number of hydrogen-bond acceptors (Lipinski definition) is 0. The lowest BCUT2D eigenvalue weighted by molar-refractivity contribution is 0.463. The maximum Gasteiger partial charge on any atom is -0.0322 e. The Kier molecular flexibility index (Phi) is 9.18. The molecule has 0 bridgehead atoms. The fraction of sp³-hybridized carbons (Fsp3) is 0.692. The van der Waals surface area contributed by atoms with E-state index in [1.54, 1.807) is 0 Å². The summed E-state index contributed by atoms with van der Waals surface area (Å²) >= 11 is 0. The third kappa shape index (κ3) is 7.83. The zero-order chi connectivity index (χ0) is 9.94. The van der Waals surface area contributed by atoms with Crippen molar-refractivity contribution in [2.45, 2.75) is 51.9 Å². The second-order valence-electron chi connectivity index (χ2n) is 3.76. The van der Waals surface area contributed by atoms with E-state index >= 15 is 0 Å². The minimum absolute atomic E-state index is 0.798. The summed E-state index contributed by atoms with van der Waals surface area (Å²) in [5.41, 5.74) is 0. The smallest absolute Gasteiger partial charge is 0.0322 e. The van der Waals surface area contributed by atoms with Gasteiger partial charge >= 0.3 is 0 Å². The number of rotatable bonds is 9. The largest absolute Gasteiger partial charge is 0.103 e. The van der Waals surface area contributed by atoms with Crippen LogP contribution < -0.4 is 0 Å². The lowest BCUT2D eigenvalue weighted by Crippen LogP contribution is -1.97. The molecular weight excluding hydrogens is 156 g/mol. The van der Waals surface area contributed by atoms with Crippen LogP contribution in [0.2, 0.25) is 0 Å². The number of hydrogen-bond donors (Lipinski definition) is 0. The highest BCUT2D eigenvalue weighted by molar-refractivity contribution is 4.79. The fourth-order valence-electron chi connectivity index (χ4n) is 1.66. The van der Waals surface area contributed by atoms with Crippen molar-refractivity contribution in [2.75, 3.05) is 0 Å². The maximum atomic E-state index is 3.79. The van der Waals surface area contributed by atoms with Gasteiger partial charge in [0.25, 0.3) is 0 Å². The van der Waals surface area contributed by atoms with Crippen molar-refractivity contribution in [2.24, 2.45) is 5.92 Å². The van der Waals surface area contributed by atoms with E-state index in [0.717, 1.165) is 18.8 Å². The summed E-state index contributed by atoms with van der Waals surface area (Å²) in [5.74, 6) is 0.798. The Morgan fingerprint density at radius 2 is 1.62 bits per heavy atom. The molecule has 0 rings (SSSR count). The highest BCUT2D eigenvalue weighted by Gasteiger charge is 2.03. The molecular formula is C13H24. The van der Waals surface area contributed by atoms with Crippen molar-refractivity contribution in [1.82, 2.24) is 0 Å². The molecule has 13 heavy (non-hydrogen) atoms. The van der Waals surface area contributed by atoms with Gasteiger partial charge in [0.1, 0.15) is 0 Å². The van der Waals surface area contributed by atoms with E-state index in [4.69, 9.17) is 0 Å². The molecule has 0 saturated heterocycles. The van der Waals surface area contributed by atoms with Crippen molar-refractivity contribution >= 4 is 0 Å². The van der Waals surface area contributed by atoms with E-state index in [-0.39, 0.29) is 0 Å². The topological polar surface area (TPSA) is 0 Å². The molecule has 0 spiro atoms. The highest BCUT2D eigenvalue weighted by Crippen LogP contribution is 2.18. The van der Waals surface area contributed by atoms with Gasteiger partial charge in [0.05, 0.1) is 0 Å². The van der Waals surface area contributed by atoms with Crippen LogP contribution in [-0.2, 0) is 0 Å². The summed E-state index contributed by atoms with van der Waals surface area (Å²) < 4.78 is 0. The van der Waals surface area contributed by atoms with Crippen LogP contribution in [0.3, 0.4) is 0 Å². The van der Waals surface area contributed by atoms with Crippen LogP contribution in [0.5, 0.6) is 0 Å². The average molecular weight is 180 g/mol. The summed E-state index contributed by atoms with van der Waals surface area (Å²) in [6.07, 6.45) is 13.2. The van der Waals surface area contributed by atoms with Gasteiger partial charge in [-0.15, -0.1) is 13.2 Å². The van der Waals surface area contributed by atoms with E-state index < -0.39 is 0 Å². The monoisotopic (exact) mass is 180 g/mol. The number of unbranched alkanes of at least 4 members (excludes halogenated alkanes) is 3. The first-order chi connectivity index (χ1) is 6.35. The molecule has 0 aliphatic rings. The zero-order valence-electron chi connectivity index (χ0n) is 9.10. The minimum Gasteiger partial charge on any atom is -0.103 e. The predicted molar refractivity (Wildman–Crippen MR) is 61.9 cm³/mol. The van der Waals surface area contributed by atoms with Gasteiger partial charge in [-0.05, 0) is 25.2 Å².